The minimum Gasteiger partial charge on any atom is -0.378 e. The number of hydrogen-bond donors (Lipinski definition) is 2. The number of aromatic nitrogens is 2. The zero-order chi connectivity index (χ0) is 14.2. The van der Waals surface area contributed by atoms with Gasteiger partial charge in [0.1, 0.15) is 11.6 Å². The lowest BCUT2D eigenvalue weighted by Gasteiger charge is -2.28. The van der Waals surface area contributed by atoms with Gasteiger partial charge < -0.3 is 15.4 Å². The minimum absolute atomic E-state index is 0.335. The fourth-order valence-electron chi connectivity index (χ4n) is 3.70. The van der Waals surface area contributed by atoms with Gasteiger partial charge in [0, 0.05) is 18.7 Å². The monoisotopic (exact) mass is 289 g/mol. The quantitative estimate of drug-likeness (QED) is 0.852. The first-order valence-electron chi connectivity index (χ1n) is 7.97. The molecule has 2 N–H and O–H groups in total. The lowest BCUT2D eigenvalue weighted by Crippen LogP contribution is -2.45. The van der Waals surface area contributed by atoms with Crippen LogP contribution in [0.4, 0.5) is 5.82 Å². The van der Waals surface area contributed by atoms with E-state index in [0.717, 1.165) is 43.6 Å². The zero-order valence-electron chi connectivity index (χ0n) is 12.6. The first-order valence-corrected chi connectivity index (χ1v) is 7.97. The Bertz CT molecular complexity index is 529. The predicted octanol–water partition coefficient (Wildman–Crippen LogP) is 0.663. The second-order valence-electron chi connectivity index (χ2n) is 6.25. The highest BCUT2D eigenvalue weighted by Gasteiger charge is 2.35. The molecule has 0 aliphatic carbocycles. The van der Waals surface area contributed by atoms with Crippen LogP contribution < -0.4 is 10.6 Å². The van der Waals surface area contributed by atoms with Gasteiger partial charge in [0.15, 0.2) is 0 Å². The molecule has 0 bridgehead atoms. The van der Waals surface area contributed by atoms with E-state index in [9.17, 15) is 0 Å². The van der Waals surface area contributed by atoms with Gasteiger partial charge in [0.2, 0.25) is 0 Å². The molecule has 1 aromatic rings. The van der Waals surface area contributed by atoms with Crippen LogP contribution in [-0.4, -0.2) is 53.3 Å². The molecule has 21 heavy (non-hydrogen) atoms. The van der Waals surface area contributed by atoms with Crippen molar-refractivity contribution in [3.8, 4) is 0 Å². The molecule has 4 rings (SSSR count). The topological polar surface area (TPSA) is 62.3 Å². The number of ether oxygens (including phenoxy) is 1. The van der Waals surface area contributed by atoms with Crippen LogP contribution in [0.2, 0.25) is 0 Å². The molecular weight excluding hydrogens is 266 g/mol. The van der Waals surface area contributed by atoms with Crippen LogP contribution in [0.15, 0.2) is 0 Å². The molecule has 4 heterocycles. The first kappa shape index (κ1) is 13.4. The number of rotatable bonds is 3. The van der Waals surface area contributed by atoms with Crippen LogP contribution in [0.1, 0.15) is 29.9 Å². The van der Waals surface area contributed by atoms with Gasteiger partial charge in [0.25, 0.3) is 0 Å². The van der Waals surface area contributed by atoms with Crippen LogP contribution in [-0.2, 0) is 17.8 Å². The van der Waals surface area contributed by atoms with Gasteiger partial charge in [-0.3, -0.25) is 4.90 Å². The number of aryl methyl sites for hydroxylation is 1. The van der Waals surface area contributed by atoms with Crippen molar-refractivity contribution in [2.75, 3.05) is 31.6 Å². The molecule has 0 aromatic carbocycles. The van der Waals surface area contributed by atoms with Crippen molar-refractivity contribution in [1.29, 1.82) is 0 Å². The summed E-state index contributed by atoms with van der Waals surface area (Å²) in [6.45, 7) is 7.69. The Kier molecular flexibility index (Phi) is 3.52. The summed E-state index contributed by atoms with van der Waals surface area (Å²) in [5, 5.41) is 7.01. The van der Waals surface area contributed by atoms with E-state index >= 15 is 0 Å². The van der Waals surface area contributed by atoms with Crippen molar-refractivity contribution in [3.05, 3.63) is 17.1 Å². The molecule has 0 radical (unpaired) electrons. The maximum Gasteiger partial charge on any atom is 0.134 e. The van der Waals surface area contributed by atoms with Crippen LogP contribution in [0.5, 0.6) is 0 Å². The van der Waals surface area contributed by atoms with Gasteiger partial charge in [-0.15, -0.1) is 0 Å². The van der Waals surface area contributed by atoms with Crippen molar-refractivity contribution < 1.29 is 4.74 Å². The summed E-state index contributed by atoms with van der Waals surface area (Å²) < 4.78 is 5.74. The molecule has 2 saturated heterocycles. The molecule has 1 aromatic heterocycles. The normalized spacial score (nSPS) is 29.0. The highest BCUT2D eigenvalue weighted by Crippen LogP contribution is 2.25. The average Bonchev–Trinajstić information content (AvgIpc) is 3.18. The molecule has 114 valence electrons. The summed E-state index contributed by atoms with van der Waals surface area (Å²) >= 11 is 0. The molecular formula is C15H23N5O. The molecule has 3 aliphatic heterocycles. The largest absolute Gasteiger partial charge is 0.378 e. The Morgan fingerprint density at radius 3 is 2.90 bits per heavy atom. The molecule has 0 spiro atoms. The Hall–Kier alpha value is -1.24. The van der Waals surface area contributed by atoms with Crippen molar-refractivity contribution in [3.63, 3.8) is 0 Å². The van der Waals surface area contributed by atoms with Gasteiger partial charge in [-0.1, -0.05) is 0 Å². The maximum atomic E-state index is 5.74. The second-order valence-corrected chi connectivity index (χ2v) is 6.25. The lowest BCUT2D eigenvalue weighted by molar-refractivity contribution is 0.159. The van der Waals surface area contributed by atoms with E-state index in [4.69, 9.17) is 4.74 Å². The van der Waals surface area contributed by atoms with Crippen LogP contribution in [0.3, 0.4) is 0 Å². The Morgan fingerprint density at radius 2 is 2.05 bits per heavy atom. The van der Waals surface area contributed by atoms with E-state index in [0.29, 0.717) is 12.1 Å². The standard InChI is InChI=1S/C15H23N5O/c1-10-17-12-7-16-6-11(12)15(18-10)19-13-8-21-9-14(13)20-4-2-3-5-20/h13-14,16H,2-9H2,1H3,(H,17,18,19)/t13-,14-/m1/s1. The van der Waals surface area contributed by atoms with Gasteiger partial charge >= 0.3 is 0 Å². The Morgan fingerprint density at radius 1 is 1.19 bits per heavy atom. The molecule has 0 saturated carbocycles. The zero-order valence-corrected chi connectivity index (χ0v) is 12.6. The molecule has 2 atom stereocenters. The maximum absolute atomic E-state index is 5.74. The minimum atomic E-state index is 0.335. The molecule has 6 nitrogen and oxygen atoms in total. The molecule has 3 aliphatic rings. The van der Waals surface area contributed by atoms with Crippen LogP contribution in [0.25, 0.3) is 0 Å². The second kappa shape index (κ2) is 5.51. The number of anilines is 1. The van der Waals surface area contributed by atoms with Crippen molar-refractivity contribution in [1.82, 2.24) is 20.2 Å². The van der Waals surface area contributed by atoms with Crippen LogP contribution >= 0.6 is 0 Å². The van der Waals surface area contributed by atoms with Gasteiger partial charge in [-0.25, -0.2) is 9.97 Å². The third-order valence-electron chi connectivity index (χ3n) is 4.78. The average molecular weight is 289 g/mol. The third kappa shape index (κ3) is 2.52. The number of hydrogen-bond acceptors (Lipinski definition) is 6. The molecule has 2 fully saturated rings. The number of fused-ring (bicyclic) bond motifs is 1. The lowest BCUT2D eigenvalue weighted by atomic mass is 10.1. The van der Waals surface area contributed by atoms with Gasteiger partial charge in [-0.2, -0.15) is 0 Å². The van der Waals surface area contributed by atoms with E-state index < -0.39 is 0 Å². The third-order valence-corrected chi connectivity index (χ3v) is 4.78. The summed E-state index contributed by atoms with van der Waals surface area (Å²) in [4.78, 5) is 11.7. The number of nitrogens with one attached hydrogen (secondary N) is 2. The summed E-state index contributed by atoms with van der Waals surface area (Å²) in [6, 6.07) is 0.815. The van der Waals surface area contributed by atoms with Gasteiger partial charge in [-0.05, 0) is 32.9 Å². The van der Waals surface area contributed by atoms with Crippen molar-refractivity contribution in [2.24, 2.45) is 0 Å². The Labute approximate surface area is 125 Å². The van der Waals surface area contributed by atoms with E-state index in [1.54, 1.807) is 0 Å². The summed E-state index contributed by atoms with van der Waals surface area (Å²) in [7, 11) is 0. The van der Waals surface area contributed by atoms with E-state index in [-0.39, 0.29) is 0 Å². The molecule has 0 unspecified atom stereocenters. The molecule has 6 heteroatoms. The van der Waals surface area contributed by atoms with Crippen molar-refractivity contribution >= 4 is 5.82 Å². The van der Waals surface area contributed by atoms with Crippen molar-refractivity contribution in [2.45, 2.75) is 44.9 Å². The highest BCUT2D eigenvalue weighted by molar-refractivity contribution is 5.49. The predicted molar refractivity (Wildman–Crippen MR) is 80.1 cm³/mol. The summed E-state index contributed by atoms with van der Waals surface area (Å²) in [6.07, 6.45) is 2.63. The smallest absolute Gasteiger partial charge is 0.134 e. The fourth-order valence-corrected chi connectivity index (χ4v) is 3.70. The summed E-state index contributed by atoms with van der Waals surface area (Å²) in [5.41, 5.74) is 2.37. The van der Waals surface area contributed by atoms with E-state index in [1.807, 2.05) is 6.92 Å². The fraction of sp³-hybridized carbons (Fsp3) is 0.733. The van der Waals surface area contributed by atoms with Crippen LogP contribution in [0, 0.1) is 6.92 Å². The van der Waals surface area contributed by atoms with E-state index in [1.165, 1.54) is 31.5 Å². The number of likely N-dealkylation sites (tertiary alicyclic amines) is 1. The molecule has 0 amide bonds. The van der Waals surface area contributed by atoms with E-state index in [2.05, 4.69) is 25.5 Å². The SMILES string of the molecule is Cc1nc2c(c(N[C@@H]3COC[C@H]3N3CCCC3)n1)CNC2. The summed E-state index contributed by atoms with van der Waals surface area (Å²) in [5.74, 6) is 1.85. The number of nitrogens with zero attached hydrogens (tertiary/aromatic N) is 3. The Balaban J connectivity index is 1.55. The highest BCUT2D eigenvalue weighted by atomic mass is 16.5. The first-order chi connectivity index (χ1) is 10.3. The van der Waals surface area contributed by atoms with Gasteiger partial charge in [0.05, 0.1) is 31.0 Å².